The van der Waals surface area contributed by atoms with Crippen LogP contribution in [0.1, 0.15) is 11.1 Å². The smallest absolute Gasteiger partial charge is 0.140 e. The van der Waals surface area contributed by atoms with Crippen LogP contribution in [0.4, 0.5) is 4.39 Å². The van der Waals surface area contributed by atoms with E-state index in [2.05, 4.69) is 33.0 Å². The predicted molar refractivity (Wildman–Crippen MR) is 80.2 cm³/mol. The number of nitrogens with zero attached hydrogens (tertiary/aromatic N) is 1. The Bertz CT molecular complexity index is 603. The van der Waals surface area contributed by atoms with Crippen LogP contribution >= 0.6 is 15.9 Å². The number of fused-ring (bicyclic) bond motifs is 1. The zero-order valence-electron chi connectivity index (χ0n) is 11.0. The molecule has 2 aromatic rings. The Morgan fingerprint density at radius 3 is 2.75 bits per heavy atom. The van der Waals surface area contributed by atoms with Crippen LogP contribution in [-0.4, -0.2) is 18.1 Å². The first-order chi connectivity index (χ1) is 9.74. The lowest BCUT2D eigenvalue weighted by Crippen LogP contribution is -2.25. The molecule has 0 fully saturated rings. The van der Waals surface area contributed by atoms with Crippen molar-refractivity contribution >= 4 is 15.9 Å². The van der Waals surface area contributed by atoms with Gasteiger partial charge in [0.1, 0.15) is 18.2 Å². The van der Waals surface area contributed by atoms with Crippen molar-refractivity contribution in [3.05, 3.63) is 63.9 Å². The molecule has 20 heavy (non-hydrogen) atoms. The summed E-state index contributed by atoms with van der Waals surface area (Å²) in [6.07, 6.45) is 0. The molecule has 1 aliphatic heterocycles. The van der Waals surface area contributed by atoms with Crippen molar-refractivity contribution in [1.82, 2.24) is 4.90 Å². The summed E-state index contributed by atoms with van der Waals surface area (Å²) in [5.74, 6) is 0.434. The predicted octanol–water partition coefficient (Wildman–Crippen LogP) is 3.98. The Labute approximate surface area is 126 Å². The molecule has 0 aliphatic carbocycles. The third kappa shape index (κ3) is 2.86. The number of hydrogen-bond donors (Lipinski definition) is 0. The highest BCUT2D eigenvalue weighted by atomic mass is 79.9. The molecule has 0 unspecified atom stereocenters. The van der Waals surface area contributed by atoms with Gasteiger partial charge in [-0.15, -0.1) is 0 Å². The van der Waals surface area contributed by atoms with Gasteiger partial charge in [-0.25, -0.2) is 4.39 Å². The van der Waals surface area contributed by atoms with E-state index in [4.69, 9.17) is 4.74 Å². The van der Waals surface area contributed by atoms with E-state index in [1.54, 1.807) is 6.07 Å². The molecule has 1 aliphatic rings. The van der Waals surface area contributed by atoms with E-state index in [9.17, 15) is 4.39 Å². The van der Waals surface area contributed by atoms with E-state index in [0.717, 1.165) is 17.6 Å². The fourth-order valence-corrected chi connectivity index (χ4v) is 2.92. The first-order valence-electron chi connectivity index (χ1n) is 6.60. The summed E-state index contributed by atoms with van der Waals surface area (Å²) in [5.41, 5.74) is 1.86. The van der Waals surface area contributed by atoms with Crippen molar-refractivity contribution < 1.29 is 9.13 Å². The summed E-state index contributed by atoms with van der Waals surface area (Å²) in [6.45, 7) is 2.72. The molecule has 2 nitrogen and oxygen atoms in total. The zero-order chi connectivity index (χ0) is 13.9. The third-order valence-corrected chi connectivity index (χ3v) is 4.06. The van der Waals surface area contributed by atoms with E-state index in [1.165, 1.54) is 11.6 Å². The summed E-state index contributed by atoms with van der Waals surface area (Å²) < 4.78 is 20.5. The van der Waals surface area contributed by atoms with Gasteiger partial charge in [0.2, 0.25) is 0 Å². The molecule has 0 saturated heterocycles. The van der Waals surface area contributed by atoms with Crippen LogP contribution in [0.15, 0.2) is 46.9 Å². The fraction of sp³-hybridized carbons (Fsp3) is 0.250. The maximum atomic E-state index is 14.0. The monoisotopic (exact) mass is 335 g/mol. The molecular weight excluding hydrogens is 321 g/mol. The van der Waals surface area contributed by atoms with Crippen LogP contribution in [-0.2, 0) is 13.1 Å². The minimum Gasteiger partial charge on any atom is -0.491 e. The van der Waals surface area contributed by atoms with Gasteiger partial charge in [-0.2, -0.15) is 0 Å². The molecule has 104 valence electrons. The number of rotatable bonds is 2. The maximum Gasteiger partial charge on any atom is 0.140 e. The van der Waals surface area contributed by atoms with Crippen molar-refractivity contribution in [1.29, 1.82) is 0 Å². The molecule has 0 atom stereocenters. The molecule has 0 spiro atoms. The second-order valence-corrected chi connectivity index (χ2v) is 5.74. The van der Waals surface area contributed by atoms with E-state index in [0.29, 0.717) is 24.5 Å². The minimum atomic E-state index is -0.205. The summed E-state index contributed by atoms with van der Waals surface area (Å²) in [7, 11) is 0. The molecule has 0 amide bonds. The van der Waals surface area contributed by atoms with Crippen LogP contribution < -0.4 is 4.74 Å². The van der Waals surface area contributed by atoms with Gasteiger partial charge < -0.3 is 4.74 Å². The van der Waals surface area contributed by atoms with Gasteiger partial charge in [-0.3, -0.25) is 4.90 Å². The highest BCUT2D eigenvalue weighted by Crippen LogP contribution is 2.33. The molecule has 0 bridgehead atoms. The lowest BCUT2D eigenvalue weighted by atomic mass is 10.1. The molecule has 0 saturated carbocycles. The van der Waals surface area contributed by atoms with Crippen LogP contribution in [0, 0.1) is 5.82 Å². The van der Waals surface area contributed by atoms with Gasteiger partial charge in [0, 0.05) is 25.2 Å². The summed E-state index contributed by atoms with van der Waals surface area (Å²) >= 11 is 3.43. The van der Waals surface area contributed by atoms with Gasteiger partial charge in [-0.05, 0) is 33.6 Å². The van der Waals surface area contributed by atoms with E-state index >= 15 is 0 Å². The molecule has 2 aromatic carbocycles. The molecule has 4 heteroatoms. The molecule has 0 radical (unpaired) electrons. The lowest BCUT2D eigenvalue weighted by molar-refractivity contribution is 0.218. The number of hydrogen-bond acceptors (Lipinski definition) is 2. The standard InChI is InChI=1S/C16H15BrFNO/c17-14-6-7-15(18)13-11-19(8-9-20-16(13)14)10-12-4-2-1-3-5-12/h1-7H,8-11H2. The van der Waals surface area contributed by atoms with Crippen molar-refractivity contribution in [3.63, 3.8) is 0 Å². The van der Waals surface area contributed by atoms with Crippen LogP contribution in [0.2, 0.25) is 0 Å². The van der Waals surface area contributed by atoms with Crippen LogP contribution in [0.25, 0.3) is 0 Å². The molecule has 0 aromatic heterocycles. The van der Waals surface area contributed by atoms with E-state index in [-0.39, 0.29) is 5.82 Å². The van der Waals surface area contributed by atoms with E-state index in [1.807, 2.05) is 18.2 Å². The maximum absolute atomic E-state index is 14.0. The SMILES string of the molecule is Fc1ccc(Br)c2c1CN(Cc1ccccc1)CCO2. The second kappa shape index (κ2) is 5.94. The Morgan fingerprint density at radius 2 is 1.95 bits per heavy atom. The van der Waals surface area contributed by atoms with Gasteiger partial charge >= 0.3 is 0 Å². The number of benzene rings is 2. The zero-order valence-corrected chi connectivity index (χ0v) is 12.6. The third-order valence-electron chi connectivity index (χ3n) is 3.44. The highest BCUT2D eigenvalue weighted by Gasteiger charge is 2.20. The molecule has 0 N–H and O–H groups in total. The first-order valence-corrected chi connectivity index (χ1v) is 7.39. The van der Waals surface area contributed by atoms with Crippen molar-refractivity contribution in [2.24, 2.45) is 0 Å². The Morgan fingerprint density at radius 1 is 1.15 bits per heavy atom. The van der Waals surface area contributed by atoms with Crippen molar-refractivity contribution in [2.45, 2.75) is 13.1 Å². The number of ether oxygens (including phenoxy) is 1. The summed E-state index contributed by atoms with van der Waals surface area (Å²) in [5, 5.41) is 0. The van der Waals surface area contributed by atoms with Crippen molar-refractivity contribution in [2.75, 3.05) is 13.2 Å². The minimum absolute atomic E-state index is 0.205. The molecule has 1 heterocycles. The Hall–Kier alpha value is -1.39. The summed E-state index contributed by atoms with van der Waals surface area (Å²) in [6, 6.07) is 13.4. The van der Waals surface area contributed by atoms with E-state index < -0.39 is 0 Å². The van der Waals surface area contributed by atoms with Gasteiger partial charge in [0.05, 0.1) is 4.47 Å². The average Bonchev–Trinajstić information content (AvgIpc) is 2.67. The van der Waals surface area contributed by atoms with Crippen LogP contribution in [0.5, 0.6) is 5.75 Å². The second-order valence-electron chi connectivity index (χ2n) is 4.88. The average molecular weight is 336 g/mol. The number of halogens is 2. The lowest BCUT2D eigenvalue weighted by Gasteiger charge is -2.19. The van der Waals surface area contributed by atoms with Gasteiger partial charge in [-0.1, -0.05) is 30.3 Å². The quantitative estimate of drug-likeness (QED) is 0.822. The van der Waals surface area contributed by atoms with Crippen LogP contribution in [0.3, 0.4) is 0 Å². The van der Waals surface area contributed by atoms with Gasteiger partial charge in [0.15, 0.2) is 0 Å². The topological polar surface area (TPSA) is 12.5 Å². The fourth-order valence-electron chi connectivity index (χ4n) is 2.43. The summed E-state index contributed by atoms with van der Waals surface area (Å²) in [4.78, 5) is 2.21. The van der Waals surface area contributed by atoms with Gasteiger partial charge in [0.25, 0.3) is 0 Å². The Kier molecular flexibility index (Phi) is 4.03. The first kappa shape index (κ1) is 13.6. The molecule has 3 rings (SSSR count). The van der Waals surface area contributed by atoms with Crippen molar-refractivity contribution in [3.8, 4) is 5.75 Å². The highest BCUT2D eigenvalue weighted by molar-refractivity contribution is 9.10. The largest absolute Gasteiger partial charge is 0.491 e. The molecular formula is C16H15BrFNO. The Balaban J connectivity index is 1.84. The normalized spacial score (nSPS) is 15.3.